The summed E-state index contributed by atoms with van der Waals surface area (Å²) in [6.45, 7) is 6.20. The summed E-state index contributed by atoms with van der Waals surface area (Å²) in [7, 11) is 1.60. The summed E-state index contributed by atoms with van der Waals surface area (Å²) < 4.78 is 5.19. The summed E-state index contributed by atoms with van der Waals surface area (Å²) in [6.07, 6.45) is 0.760. The van der Waals surface area contributed by atoms with Gasteiger partial charge in [-0.2, -0.15) is 0 Å². The Bertz CT molecular complexity index is 737. The molecule has 1 heterocycles. The van der Waals surface area contributed by atoms with E-state index in [1.165, 1.54) is 0 Å². The monoisotopic (exact) mass is 328 g/mol. The van der Waals surface area contributed by atoms with Crippen LogP contribution in [-0.4, -0.2) is 23.2 Å². The molecule has 3 N–H and O–H groups in total. The van der Waals surface area contributed by atoms with E-state index in [2.05, 4.69) is 18.8 Å². The topological polar surface area (TPSA) is 85.4 Å². The molecular formula is C19H24N2O3. The van der Waals surface area contributed by atoms with Gasteiger partial charge in [-0.1, -0.05) is 26.0 Å². The highest BCUT2D eigenvalue weighted by Gasteiger charge is 2.23. The molecule has 2 aromatic rings. The van der Waals surface area contributed by atoms with Gasteiger partial charge in [0.2, 0.25) is 0 Å². The fourth-order valence-electron chi connectivity index (χ4n) is 2.92. The minimum absolute atomic E-state index is 0.216. The Morgan fingerprint density at radius 3 is 2.38 bits per heavy atom. The van der Waals surface area contributed by atoms with Crippen LogP contribution < -0.4 is 10.5 Å². The normalized spacial score (nSPS) is 10.9. The van der Waals surface area contributed by atoms with Crippen molar-refractivity contribution in [2.45, 2.75) is 33.7 Å². The van der Waals surface area contributed by atoms with Crippen LogP contribution in [0.2, 0.25) is 0 Å². The molecule has 0 bridgehead atoms. The smallest absolute Gasteiger partial charge is 0.338 e. The molecule has 1 aromatic carbocycles. The summed E-state index contributed by atoms with van der Waals surface area (Å²) in [5.41, 5.74) is 9.86. The van der Waals surface area contributed by atoms with Crippen LogP contribution >= 0.6 is 0 Å². The van der Waals surface area contributed by atoms with Crippen LogP contribution in [0.15, 0.2) is 24.3 Å². The molecule has 24 heavy (non-hydrogen) atoms. The second-order valence-corrected chi connectivity index (χ2v) is 6.21. The van der Waals surface area contributed by atoms with Crippen LogP contribution in [0.25, 0.3) is 11.1 Å². The van der Waals surface area contributed by atoms with Crippen molar-refractivity contribution < 1.29 is 14.6 Å². The fourth-order valence-corrected chi connectivity index (χ4v) is 2.92. The highest BCUT2D eigenvalue weighted by atomic mass is 16.5. The number of aromatic carboxylic acids is 1. The lowest BCUT2D eigenvalue weighted by molar-refractivity contribution is 0.0696. The Kier molecular flexibility index (Phi) is 5.57. The molecule has 0 saturated carbocycles. The van der Waals surface area contributed by atoms with Gasteiger partial charge >= 0.3 is 5.97 Å². The van der Waals surface area contributed by atoms with Crippen molar-refractivity contribution in [3.05, 3.63) is 46.8 Å². The molecule has 0 spiro atoms. The number of carbonyl (C=O) groups is 1. The number of nitrogens with two attached hydrogens (primary N) is 1. The number of methoxy groups -OCH3 is 1. The van der Waals surface area contributed by atoms with E-state index in [-0.39, 0.29) is 12.1 Å². The van der Waals surface area contributed by atoms with Crippen LogP contribution in [0.3, 0.4) is 0 Å². The summed E-state index contributed by atoms with van der Waals surface area (Å²) >= 11 is 0. The number of aromatic nitrogens is 1. The summed E-state index contributed by atoms with van der Waals surface area (Å²) in [5, 5.41) is 9.70. The minimum atomic E-state index is -0.989. The van der Waals surface area contributed by atoms with Gasteiger partial charge in [-0.15, -0.1) is 0 Å². The molecule has 0 atom stereocenters. The first-order valence-corrected chi connectivity index (χ1v) is 7.99. The third-order valence-electron chi connectivity index (χ3n) is 3.96. The Balaban J connectivity index is 2.76. The maximum absolute atomic E-state index is 11.8. The number of carboxylic acid groups (broad SMARTS) is 1. The van der Waals surface area contributed by atoms with Gasteiger partial charge in [0.15, 0.2) is 0 Å². The first kappa shape index (κ1) is 17.9. The molecule has 0 aliphatic rings. The van der Waals surface area contributed by atoms with Crippen molar-refractivity contribution in [3.63, 3.8) is 0 Å². The number of hydrogen-bond acceptors (Lipinski definition) is 4. The average molecular weight is 328 g/mol. The molecule has 0 aliphatic heterocycles. The molecule has 0 amide bonds. The van der Waals surface area contributed by atoms with E-state index in [1.807, 2.05) is 24.3 Å². The number of pyridine rings is 1. The third-order valence-corrected chi connectivity index (χ3v) is 3.96. The predicted molar refractivity (Wildman–Crippen MR) is 94.4 cm³/mol. The number of aryl methyl sites for hydroxylation is 1. The average Bonchev–Trinajstić information content (AvgIpc) is 2.53. The first-order chi connectivity index (χ1) is 11.4. The number of nitrogens with zero attached hydrogens (tertiary/aromatic N) is 1. The van der Waals surface area contributed by atoms with E-state index in [9.17, 15) is 9.90 Å². The SMILES string of the molecule is COc1ccc(-c2c(CN)c(CC(C)C)nc(C)c2C(=O)O)cc1. The van der Waals surface area contributed by atoms with Crippen LogP contribution in [0, 0.1) is 12.8 Å². The molecule has 0 fully saturated rings. The lowest BCUT2D eigenvalue weighted by Crippen LogP contribution is -2.15. The zero-order valence-corrected chi connectivity index (χ0v) is 14.6. The Morgan fingerprint density at radius 1 is 1.29 bits per heavy atom. The number of benzene rings is 1. The highest BCUT2D eigenvalue weighted by molar-refractivity contribution is 5.98. The number of carboxylic acids is 1. The van der Waals surface area contributed by atoms with Crippen molar-refractivity contribution >= 4 is 5.97 Å². The Hall–Kier alpha value is -2.40. The van der Waals surface area contributed by atoms with E-state index in [0.29, 0.717) is 17.2 Å². The zero-order valence-electron chi connectivity index (χ0n) is 14.6. The summed E-state index contributed by atoms with van der Waals surface area (Å²) in [4.78, 5) is 16.4. The molecule has 0 radical (unpaired) electrons. The molecule has 128 valence electrons. The van der Waals surface area contributed by atoms with Crippen LogP contribution in [0.1, 0.15) is 41.2 Å². The molecule has 5 nitrogen and oxygen atoms in total. The summed E-state index contributed by atoms with van der Waals surface area (Å²) in [5.74, 6) is 0.135. The molecule has 0 saturated heterocycles. The molecule has 2 rings (SSSR count). The number of hydrogen-bond donors (Lipinski definition) is 2. The number of rotatable bonds is 6. The quantitative estimate of drug-likeness (QED) is 0.848. The maximum Gasteiger partial charge on any atom is 0.338 e. The van der Waals surface area contributed by atoms with E-state index >= 15 is 0 Å². The van der Waals surface area contributed by atoms with Crippen LogP contribution in [0.5, 0.6) is 5.75 Å². The van der Waals surface area contributed by atoms with Crippen molar-refractivity contribution in [3.8, 4) is 16.9 Å². The fraction of sp³-hybridized carbons (Fsp3) is 0.368. The van der Waals surface area contributed by atoms with Crippen LogP contribution in [0.4, 0.5) is 0 Å². The van der Waals surface area contributed by atoms with E-state index in [1.54, 1.807) is 14.0 Å². The van der Waals surface area contributed by atoms with E-state index < -0.39 is 5.97 Å². The van der Waals surface area contributed by atoms with Gasteiger partial charge in [0.1, 0.15) is 5.75 Å². The van der Waals surface area contributed by atoms with Crippen molar-refractivity contribution in [2.24, 2.45) is 11.7 Å². The number of ether oxygens (including phenoxy) is 1. The molecule has 1 aromatic heterocycles. The third kappa shape index (κ3) is 3.57. The highest BCUT2D eigenvalue weighted by Crippen LogP contribution is 2.33. The minimum Gasteiger partial charge on any atom is -0.497 e. The van der Waals surface area contributed by atoms with Gasteiger partial charge in [0.25, 0.3) is 0 Å². The second kappa shape index (κ2) is 7.45. The van der Waals surface area contributed by atoms with Gasteiger partial charge < -0.3 is 15.6 Å². The largest absolute Gasteiger partial charge is 0.497 e. The Labute approximate surface area is 142 Å². The van der Waals surface area contributed by atoms with Gasteiger partial charge in [-0.3, -0.25) is 4.98 Å². The summed E-state index contributed by atoms with van der Waals surface area (Å²) in [6, 6.07) is 7.36. The maximum atomic E-state index is 11.8. The van der Waals surface area contributed by atoms with Crippen molar-refractivity contribution in [1.29, 1.82) is 0 Å². The van der Waals surface area contributed by atoms with Gasteiger partial charge in [-0.05, 0) is 42.5 Å². The van der Waals surface area contributed by atoms with Crippen LogP contribution in [-0.2, 0) is 13.0 Å². The first-order valence-electron chi connectivity index (χ1n) is 7.99. The van der Waals surface area contributed by atoms with Crippen molar-refractivity contribution in [2.75, 3.05) is 7.11 Å². The second-order valence-electron chi connectivity index (χ2n) is 6.21. The van der Waals surface area contributed by atoms with E-state index in [0.717, 1.165) is 29.0 Å². The lowest BCUT2D eigenvalue weighted by atomic mass is 9.90. The lowest BCUT2D eigenvalue weighted by Gasteiger charge is -2.19. The predicted octanol–water partition coefficient (Wildman–Crippen LogP) is 3.42. The standard InChI is InChI=1S/C19H24N2O3/c1-11(2)9-16-15(10-20)18(17(19(22)23)12(3)21-16)13-5-7-14(24-4)8-6-13/h5-8,11H,9-10,20H2,1-4H3,(H,22,23). The van der Waals surface area contributed by atoms with E-state index in [4.69, 9.17) is 10.5 Å². The van der Waals surface area contributed by atoms with Crippen molar-refractivity contribution in [1.82, 2.24) is 4.98 Å². The molecule has 0 aliphatic carbocycles. The Morgan fingerprint density at radius 2 is 1.92 bits per heavy atom. The zero-order chi connectivity index (χ0) is 17.9. The van der Waals surface area contributed by atoms with Gasteiger partial charge in [0.05, 0.1) is 18.4 Å². The van der Waals surface area contributed by atoms with Gasteiger partial charge in [-0.25, -0.2) is 4.79 Å². The molecule has 5 heteroatoms. The van der Waals surface area contributed by atoms with Gasteiger partial charge in [0, 0.05) is 17.8 Å². The molecular weight excluding hydrogens is 304 g/mol. The molecule has 0 unspecified atom stereocenters.